The van der Waals surface area contributed by atoms with Crippen molar-refractivity contribution in [3.63, 3.8) is 0 Å². The fourth-order valence-electron chi connectivity index (χ4n) is 3.41. The topological polar surface area (TPSA) is 103 Å². The Kier molecular flexibility index (Phi) is 8.02. The molecule has 2 N–H and O–H groups in total. The highest BCUT2D eigenvalue weighted by Crippen LogP contribution is 2.13. The lowest BCUT2D eigenvalue weighted by Crippen LogP contribution is -2.47. The Hall–Kier alpha value is -3.62. The number of hydrogen-bond donors (Lipinski definition) is 2. The van der Waals surface area contributed by atoms with Gasteiger partial charge in [0.2, 0.25) is 5.91 Å². The number of hydrogen-bond acceptors (Lipinski definition) is 6. The molecular formula is C24H26N4O4. The maximum atomic E-state index is 12.7. The van der Waals surface area contributed by atoms with Gasteiger partial charge in [-0.15, -0.1) is 0 Å². The Morgan fingerprint density at radius 1 is 1.00 bits per heavy atom. The van der Waals surface area contributed by atoms with Crippen molar-refractivity contribution in [1.29, 1.82) is 0 Å². The predicted molar refractivity (Wildman–Crippen MR) is 121 cm³/mol. The summed E-state index contributed by atoms with van der Waals surface area (Å²) in [6.45, 7) is 5.40. The molecule has 2 amide bonds. The van der Waals surface area contributed by atoms with E-state index in [1.165, 1.54) is 17.6 Å². The summed E-state index contributed by atoms with van der Waals surface area (Å²) in [5.74, 6) is -0.671. The fourth-order valence-corrected chi connectivity index (χ4v) is 3.41. The Morgan fingerprint density at radius 3 is 2.31 bits per heavy atom. The molecule has 0 atom stereocenters. The van der Waals surface area contributed by atoms with E-state index in [0.29, 0.717) is 17.0 Å². The van der Waals surface area contributed by atoms with Gasteiger partial charge in [-0.3, -0.25) is 24.5 Å². The van der Waals surface area contributed by atoms with Gasteiger partial charge in [-0.25, -0.2) is 10.5 Å². The van der Waals surface area contributed by atoms with Crippen molar-refractivity contribution in [2.24, 2.45) is 0 Å². The number of amides is 2. The average Bonchev–Trinajstić information content (AvgIpc) is 2.81. The molecule has 0 bridgehead atoms. The number of aromatic nitrogens is 1. The SMILES string of the molecule is CC(=O)N1CCN(Cc2cccc(C(=O)/C=C/c3cccc(/C=C/C(=O)NO)n3)c2)CC1. The largest absolute Gasteiger partial charge is 0.340 e. The van der Waals surface area contributed by atoms with E-state index in [1.54, 1.807) is 37.3 Å². The van der Waals surface area contributed by atoms with Crippen molar-refractivity contribution in [3.8, 4) is 0 Å². The number of benzene rings is 1. The molecule has 0 aliphatic carbocycles. The molecule has 32 heavy (non-hydrogen) atoms. The highest BCUT2D eigenvalue weighted by Gasteiger charge is 2.18. The lowest BCUT2D eigenvalue weighted by molar-refractivity contribution is -0.130. The summed E-state index contributed by atoms with van der Waals surface area (Å²) < 4.78 is 0. The quantitative estimate of drug-likeness (QED) is 0.300. The molecule has 1 aromatic heterocycles. The Labute approximate surface area is 186 Å². The third-order valence-corrected chi connectivity index (χ3v) is 5.15. The summed E-state index contributed by atoms with van der Waals surface area (Å²) in [4.78, 5) is 43.7. The van der Waals surface area contributed by atoms with Crippen LogP contribution in [0.1, 0.15) is 34.2 Å². The van der Waals surface area contributed by atoms with E-state index in [0.717, 1.165) is 44.4 Å². The maximum absolute atomic E-state index is 12.7. The first-order valence-electron chi connectivity index (χ1n) is 10.3. The molecule has 8 nitrogen and oxygen atoms in total. The molecule has 1 saturated heterocycles. The number of pyridine rings is 1. The molecule has 1 fully saturated rings. The normalized spacial score (nSPS) is 14.8. The van der Waals surface area contributed by atoms with E-state index in [-0.39, 0.29) is 11.7 Å². The van der Waals surface area contributed by atoms with Crippen molar-refractivity contribution >= 4 is 29.7 Å². The molecule has 1 aliphatic rings. The van der Waals surface area contributed by atoms with Gasteiger partial charge in [0.25, 0.3) is 5.91 Å². The molecule has 1 aromatic carbocycles. The van der Waals surface area contributed by atoms with E-state index in [1.807, 2.05) is 23.1 Å². The molecule has 0 saturated carbocycles. The van der Waals surface area contributed by atoms with Crippen LogP contribution in [-0.4, -0.2) is 63.8 Å². The summed E-state index contributed by atoms with van der Waals surface area (Å²) in [6, 6.07) is 12.8. The van der Waals surface area contributed by atoms with Crippen molar-refractivity contribution in [2.75, 3.05) is 26.2 Å². The van der Waals surface area contributed by atoms with Crippen molar-refractivity contribution in [1.82, 2.24) is 20.3 Å². The minimum Gasteiger partial charge on any atom is -0.340 e. The Bertz CT molecular complexity index is 1040. The number of hydroxylamine groups is 1. The molecule has 2 heterocycles. The average molecular weight is 434 g/mol. The lowest BCUT2D eigenvalue weighted by Gasteiger charge is -2.34. The zero-order chi connectivity index (χ0) is 22.9. The second-order valence-corrected chi connectivity index (χ2v) is 7.48. The number of ketones is 1. The molecule has 2 aromatic rings. The first-order chi connectivity index (χ1) is 15.4. The molecule has 0 radical (unpaired) electrons. The standard InChI is InChI=1S/C24H26N4O4/c1-18(29)28-14-12-27(13-15-28)17-19-4-2-5-20(16-19)23(30)10-8-21-6-3-7-22(25-21)9-11-24(31)26-32/h2-11,16,32H,12-15,17H2,1H3,(H,26,31)/b10-8+,11-9+. The monoisotopic (exact) mass is 434 g/mol. The lowest BCUT2D eigenvalue weighted by atomic mass is 10.1. The van der Waals surface area contributed by atoms with Gasteiger partial charge < -0.3 is 4.90 Å². The highest BCUT2D eigenvalue weighted by atomic mass is 16.5. The molecule has 166 valence electrons. The van der Waals surface area contributed by atoms with Gasteiger partial charge in [0.05, 0.1) is 11.4 Å². The van der Waals surface area contributed by atoms with E-state index in [9.17, 15) is 14.4 Å². The zero-order valence-electron chi connectivity index (χ0n) is 17.9. The highest BCUT2D eigenvalue weighted by molar-refractivity contribution is 6.06. The molecular weight excluding hydrogens is 408 g/mol. The Morgan fingerprint density at radius 2 is 1.66 bits per heavy atom. The molecule has 0 unspecified atom stereocenters. The molecule has 0 spiro atoms. The number of allylic oxidation sites excluding steroid dienone is 1. The third kappa shape index (κ3) is 6.69. The molecule has 8 heteroatoms. The summed E-state index contributed by atoms with van der Waals surface area (Å²) in [6.07, 6.45) is 5.72. The third-order valence-electron chi connectivity index (χ3n) is 5.15. The maximum Gasteiger partial charge on any atom is 0.267 e. The van der Waals surface area contributed by atoms with Gasteiger partial charge >= 0.3 is 0 Å². The molecule has 1 aliphatic heterocycles. The van der Waals surface area contributed by atoms with Crippen LogP contribution >= 0.6 is 0 Å². The van der Waals surface area contributed by atoms with Crippen LogP contribution in [0.15, 0.2) is 54.6 Å². The first-order valence-corrected chi connectivity index (χ1v) is 10.3. The van der Waals surface area contributed by atoms with Gasteiger partial charge in [0, 0.05) is 51.3 Å². The van der Waals surface area contributed by atoms with Gasteiger partial charge in [-0.1, -0.05) is 24.3 Å². The number of nitrogens with zero attached hydrogens (tertiary/aromatic N) is 3. The van der Waals surface area contributed by atoms with E-state index >= 15 is 0 Å². The van der Waals surface area contributed by atoms with E-state index < -0.39 is 5.91 Å². The van der Waals surface area contributed by atoms with Crippen LogP contribution in [0.2, 0.25) is 0 Å². The number of carbonyl (C=O) groups excluding carboxylic acids is 3. The summed E-state index contributed by atoms with van der Waals surface area (Å²) in [5.41, 5.74) is 4.25. The minimum absolute atomic E-state index is 0.107. The van der Waals surface area contributed by atoms with Crippen LogP contribution in [0, 0.1) is 0 Å². The van der Waals surface area contributed by atoms with Gasteiger partial charge in [-0.2, -0.15) is 0 Å². The number of carbonyl (C=O) groups is 3. The van der Waals surface area contributed by atoms with E-state index in [4.69, 9.17) is 5.21 Å². The second-order valence-electron chi connectivity index (χ2n) is 7.48. The van der Waals surface area contributed by atoms with Crippen molar-refractivity contribution < 1.29 is 19.6 Å². The van der Waals surface area contributed by atoms with E-state index in [2.05, 4.69) is 9.88 Å². The summed E-state index contributed by atoms with van der Waals surface area (Å²) >= 11 is 0. The van der Waals surface area contributed by atoms with Crippen molar-refractivity contribution in [3.05, 3.63) is 77.1 Å². The van der Waals surface area contributed by atoms with Gasteiger partial charge in [0.15, 0.2) is 5.78 Å². The summed E-state index contributed by atoms with van der Waals surface area (Å²) in [7, 11) is 0. The van der Waals surface area contributed by atoms with Crippen LogP contribution in [0.3, 0.4) is 0 Å². The second kappa shape index (κ2) is 11.1. The number of piperazine rings is 1. The van der Waals surface area contributed by atoms with Crippen LogP contribution < -0.4 is 5.48 Å². The van der Waals surface area contributed by atoms with Gasteiger partial charge in [-0.05, 0) is 42.0 Å². The minimum atomic E-state index is -0.650. The first kappa shape index (κ1) is 23.1. The Balaban J connectivity index is 1.61. The van der Waals surface area contributed by atoms with Crippen molar-refractivity contribution in [2.45, 2.75) is 13.5 Å². The zero-order valence-corrected chi connectivity index (χ0v) is 17.9. The number of rotatable bonds is 7. The van der Waals surface area contributed by atoms with Crippen LogP contribution in [0.5, 0.6) is 0 Å². The summed E-state index contributed by atoms with van der Waals surface area (Å²) in [5, 5.41) is 8.53. The predicted octanol–water partition coefficient (Wildman–Crippen LogP) is 2.16. The molecule has 3 rings (SSSR count). The fraction of sp³-hybridized carbons (Fsp3) is 0.250. The van der Waals surface area contributed by atoms with Crippen LogP contribution in [0.25, 0.3) is 12.2 Å². The number of nitrogens with one attached hydrogen (secondary N) is 1. The smallest absolute Gasteiger partial charge is 0.267 e. The van der Waals surface area contributed by atoms with Crippen LogP contribution in [-0.2, 0) is 16.1 Å². The van der Waals surface area contributed by atoms with Crippen LogP contribution in [0.4, 0.5) is 0 Å². The van der Waals surface area contributed by atoms with Gasteiger partial charge in [0.1, 0.15) is 0 Å².